The molecule has 5 rings (SSSR count). The van der Waals surface area contributed by atoms with Gasteiger partial charge in [-0.05, 0) is 40.4 Å². The van der Waals surface area contributed by atoms with E-state index in [0.717, 1.165) is 44.0 Å². The Morgan fingerprint density at radius 3 is 2.12 bits per heavy atom. The van der Waals surface area contributed by atoms with Crippen LogP contribution in [0, 0.1) is 0 Å². The van der Waals surface area contributed by atoms with Crippen LogP contribution in [-0.2, 0) is 17.6 Å². The first kappa shape index (κ1) is 22.0. The topological polar surface area (TPSA) is 14.2 Å². The zero-order chi connectivity index (χ0) is 23.4. The molecule has 1 heterocycles. The molecule has 0 saturated heterocycles. The Labute approximate surface area is 191 Å². The van der Waals surface area contributed by atoms with E-state index in [1.165, 1.54) is 12.1 Å². The van der Waals surface area contributed by atoms with Crippen molar-refractivity contribution in [1.29, 1.82) is 0 Å². The Morgan fingerprint density at radius 2 is 1.42 bits per heavy atom. The number of nitrogens with zero attached hydrogens (tertiary/aromatic N) is 1. The van der Waals surface area contributed by atoms with E-state index in [-0.39, 0.29) is 0 Å². The lowest BCUT2D eigenvalue weighted by Gasteiger charge is -2.17. The van der Waals surface area contributed by atoms with E-state index < -0.39 is 19.8 Å². The summed E-state index contributed by atoms with van der Waals surface area (Å²) in [5.74, 6) is 0. The molecule has 0 fully saturated rings. The van der Waals surface area contributed by atoms with Gasteiger partial charge in [-0.2, -0.15) is 13.2 Å². The van der Waals surface area contributed by atoms with Gasteiger partial charge in [-0.1, -0.05) is 68.2 Å². The lowest BCUT2D eigenvalue weighted by molar-refractivity contribution is -0.137. The molecule has 6 heteroatoms. The first-order valence-electron chi connectivity index (χ1n) is 11.2. The quantitative estimate of drug-likeness (QED) is 0.144. The Hall–Kier alpha value is -2.83. The minimum atomic E-state index is -4.40. The Morgan fingerprint density at radius 1 is 0.788 bits per heavy atom. The number of para-hydroxylation sites is 1. The fourth-order valence-electron chi connectivity index (χ4n) is 4.61. The molecule has 0 aliphatic rings. The summed E-state index contributed by atoms with van der Waals surface area (Å²) < 4.78 is 49.1. The van der Waals surface area contributed by atoms with Gasteiger partial charge < -0.3 is 9.30 Å². The summed E-state index contributed by atoms with van der Waals surface area (Å²) in [5.41, 5.74) is 1.26. The number of alkyl halides is 3. The molecule has 170 valence electrons. The van der Waals surface area contributed by atoms with E-state index in [9.17, 15) is 13.2 Å². The van der Waals surface area contributed by atoms with Gasteiger partial charge in [-0.25, -0.2) is 0 Å². The van der Waals surface area contributed by atoms with Crippen LogP contribution in [0.4, 0.5) is 13.2 Å². The van der Waals surface area contributed by atoms with Crippen molar-refractivity contribution in [2.75, 3.05) is 6.61 Å². The second kappa shape index (κ2) is 7.89. The molecule has 0 atom stereocenters. The lowest BCUT2D eigenvalue weighted by atomic mass is 9.95. The van der Waals surface area contributed by atoms with Crippen LogP contribution >= 0.6 is 0 Å². The second-order valence-corrected chi connectivity index (χ2v) is 15.4. The van der Waals surface area contributed by atoms with E-state index in [0.29, 0.717) is 18.7 Å². The molecule has 0 saturated carbocycles. The first-order valence-corrected chi connectivity index (χ1v) is 14.9. The third kappa shape index (κ3) is 3.91. The maximum absolute atomic E-state index is 13.6. The first-order chi connectivity index (χ1) is 15.6. The van der Waals surface area contributed by atoms with Gasteiger partial charge in [0.05, 0.1) is 16.6 Å². The van der Waals surface area contributed by atoms with E-state index in [4.69, 9.17) is 4.74 Å². The van der Waals surface area contributed by atoms with Gasteiger partial charge in [0.1, 0.15) is 6.73 Å². The van der Waals surface area contributed by atoms with Crippen molar-refractivity contribution in [3.05, 3.63) is 72.3 Å². The number of hydrogen-bond acceptors (Lipinski definition) is 1. The molecule has 0 aliphatic carbocycles. The molecule has 0 aliphatic heterocycles. The van der Waals surface area contributed by atoms with Crippen LogP contribution in [-0.4, -0.2) is 19.2 Å². The highest BCUT2D eigenvalue weighted by molar-refractivity contribution is 6.76. The molecule has 0 radical (unpaired) electrons. The third-order valence-electron chi connectivity index (χ3n) is 6.28. The Balaban J connectivity index is 1.83. The summed E-state index contributed by atoms with van der Waals surface area (Å²) in [5, 5.41) is 5.20. The summed E-state index contributed by atoms with van der Waals surface area (Å²) in [6, 6.07) is 21.0. The van der Waals surface area contributed by atoms with Crippen LogP contribution in [0.2, 0.25) is 25.7 Å². The molecule has 0 bridgehead atoms. The van der Waals surface area contributed by atoms with E-state index in [2.05, 4.69) is 24.2 Å². The highest BCUT2D eigenvalue weighted by Gasteiger charge is 2.31. The Kier molecular flexibility index (Phi) is 5.25. The molecule has 0 spiro atoms. The van der Waals surface area contributed by atoms with Crippen LogP contribution in [0.3, 0.4) is 0 Å². The standard InChI is InChI=1S/C27H26F3NOSi/c1-33(2,3)15-14-32-17-31-24-11-7-6-10-22(24)25-23-16-18(27(28,29)30)12-13-20(23)19-8-4-5-9-21(19)26(25)31/h4-13,16H,14-15,17H2,1-3H3. The van der Waals surface area contributed by atoms with Gasteiger partial charge in [0.15, 0.2) is 0 Å². The van der Waals surface area contributed by atoms with Crippen molar-refractivity contribution < 1.29 is 17.9 Å². The summed E-state index contributed by atoms with van der Waals surface area (Å²) in [6.07, 6.45) is -4.40. The number of rotatable bonds is 5. The number of hydrogen-bond donors (Lipinski definition) is 0. The maximum atomic E-state index is 13.6. The SMILES string of the molecule is C[Si](C)(C)CCOCn1c2ccccc2c2c3cc(C(F)(F)F)ccc3c3ccccc3c21. The molecule has 1 aromatic heterocycles. The largest absolute Gasteiger partial charge is 0.416 e. The normalized spacial score (nSPS) is 13.0. The van der Waals surface area contributed by atoms with Crippen molar-refractivity contribution in [3.63, 3.8) is 0 Å². The third-order valence-corrected chi connectivity index (χ3v) is 7.98. The summed E-state index contributed by atoms with van der Waals surface area (Å²) >= 11 is 0. The Bertz CT molecular complexity index is 1490. The summed E-state index contributed by atoms with van der Waals surface area (Å²) in [6.45, 7) is 7.98. The van der Waals surface area contributed by atoms with Gasteiger partial charge >= 0.3 is 6.18 Å². The number of halogens is 3. The van der Waals surface area contributed by atoms with Crippen LogP contribution in [0.15, 0.2) is 66.7 Å². The molecule has 0 amide bonds. The van der Waals surface area contributed by atoms with Gasteiger partial charge in [0.2, 0.25) is 0 Å². The molecule has 5 aromatic rings. The molecule has 4 aromatic carbocycles. The fourth-order valence-corrected chi connectivity index (χ4v) is 5.37. The zero-order valence-corrected chi connectivity index (χ0v) is 20.0. The summed E-state index contributed by atoms with van der Waals surface area (Å²) in [4.78, 5) is 0. The van der Waals surface area contributed by atoms with Crippen LogP contribution in [0.5, 0.6) is 0 Å². The van der Waals surface area contributed by atoms with Crippen molar-refractivity contribution in [3.8, 4) is 0 Å². The van der Waals surface area contributed by atoms with Gasteiger partial charge in [-0.15, -0.1) is 0 Å². The molecule has 2 nitrogen and oxygen atoms in total. The van der Waals surface area contributed by atoms with Crippen molar-refractivity contribution in [2.24, 2.45) is 0 Å². The highest BCUT2D eigenvalue weighted by Crippen LogP contribution is 2.42. The average molecular weight is 466 g/mol. The van der Waals surface area contributed by atoms with Gasteiger partial charge in [0, 0.05) is 30.8 Å². The molecule has 33 heavy (non-hydrogen) atoms. The van der Waals surface area contributed by atoms with E-state index >= 15 is 0 Å². The highest BCUT2D eigenvalue weighted by atomic mass is 28.3. The van der Waals surface area contributed by atoms with Crippen LogP contribution in [0.25, 0.3) is 43.4 Å². The fraction of sp³-hybridized carbons (Fsp3) is 0.259. The smallest absolute Gasteiger partial charge is 0.361 e. The van der Waals surface area contributed by atoms with Crippen LogP contribution in [0.1, 0.15) is 5.56 Å². The number of aromatic nitrogens is 1. The predicted octanol–water partition coefficient (Wildman–Crippen LogP) is 8.43. The number of benzene rings is 4. The van der Waals surface area contributed by atoms with Gasteiger partial charge in [-0.3, -0.25) is 0 Å². The molecule has 0 N–H and O–H groups in total. The van der Waals surface area contributed by atoms with Crippen LogP contribution < -0.4 is 0 Å². The minimum Gasteiger partial charge on any atom is -0.361 e. The maximum Gasteiger partial charge on any atom is 0.416 e. The monoisotopic (exact) mass is 465 g/mol. The number of ether oxygens (including phenoxy) is 1. The molecule has 0 unspecified atom stereocenters. The molecular formula is C27H26F3NOSi. The average Bonchev–Trinajstić information content (AvgIpc) is 3.10. The zero-order valence-electron chi connectivity index (χ0n) is 19.0. The lowest BCUT2D eigenvalue weighted by Crippen LogP contribution is -2.22. The van der Waals surface area contributed by atoms with Crippen molar-refractivity contribution in [2.45, 2.75) is 38.6 Å². The molecular weight excluding hydrogens is 439 g/mol. The van der Waals surface area contributed by atoms with Crippen molar-refractivity contribution in [1.82, 2.24) is 4.57 Å². The summed E-state index contributed by atoms with van der Waals surface area (Å²) in [7, 11) is -1.23. The van der Waals surface area contributed by atoms with Gasteiger partial charge in [0.25, 0.3) is 0 Å². The minimum absolute atomic E-state index is 0.364. The van der Waals surface area contributed by atoms with Crippen molar-refractivity contribution >= 4 is 51.4 Å². The predicted molar refractivity (Wildman–Crippen MR) is 134 cm³/mol. The number of fused-ring (bicyclic) bond motifs is 8. The van der Waals surface area contributed by atoms with E-state index in [1.54, 1.807) is 6.07 Å². The second-order valence-electron chi connectivity index (χ2n) is 9.82. The van der Waals surface area contributed by atoms with E-state index in [1.807, 2.05) is 48.5 Å².